The molecular formula is C23H34IN3O4. The molecule has 0 bridgehead atoms. The number of aryl methyl sites for hydroxylation is 1. The first kappa shape index (κ1) is 26.8. The van der Waals surface area contributed by atoms with E-state index in [1.807, 2.05) is 63.4 Å². The Morgan fingerprint density at radius 1 is 1.06 bits per heavy atom. The van der Waals surface area contributed by atoms with Gasteiger partial charge in [0.1, 0.15) is 19.0 Å². The number of aliphatic hydroxyl groups is 1. The number of hydrogen-bond acceptors (Lipinski definition) is 5. The molecule has 0 atom stereocenters. The molecule has 172 valence electrons. The summed E-state index contributed by atoms with van der Waals surface area (Å²) < 4.78 is 16.8. The Bertz CT molecular complexity index is 817. The molecular weight excluding hydrogens is 509 g/mol. The van der Waals surface area contributed by atoms with Gasteiger partial charge >= 0.3 is 0 Å². The van der Waals surface area contributed by atoms with Crippen molar-refractivity contribution in [3.8, 4) is 17.2 Å². The fourth-order valence-electron chi connectivity index (χ4n) is 2.84. The molecule has 0 amide bonds. The zero-order valence-electron chi connectivity index (χ0n) is 18.8. The summed E-state index contributed by atoms with van der Waals surface area (Å²) in [5.74, 6) is 2.95. The van der Waals surface area contributed by atoms with Gasteiger partial charge in [-0.1, -0.05) is 24.3 Å². The van der Waals surface area contributed by atoms with Crippen molar-refractivity contribution >= 4 is 29.9 Å². The predicted molar refractivity (Wildman–Crippen MR) is 135 cm³/mol. The number of para-hydroxylation sites is 1. The number of nitrogens with one attached hydrogen (secondary N) is 1. The van der Waals surface area contributed by atoms with Crippen LogP contribution in [0.4, 0.5) is 0 Å². The Labute approximate surface area is 202 Å². The van der Waals surface area contributed by atoms with E-state index in [1.54, 1.807) is 7.11 Å². The van der Waals surface area contributed by atoms with Gasteiger partial charge in [-0.25, -0.2) is 4.99 Å². The lowest BCUT2D eigenvalue weighted by Crippen LogP contribution is -2.40. The van der Waals surface area contributed by atoms with Crippen molar-refractivity contribution in [3.63, 3.8) is 0 Å². The number of aliphatic imine (C=N–C) groups is 1. The van der Waals surface area contributed by atoms with Gasteiger partial charge in [0.05, 0.1) is 26.8 Å². The number of hydrogen-bond donors (Lipinski definition) is 2. The van der Waals surface area contributed by atoms with E-state index >= 15 is 0 Å². The quantitative estimate of drug-likeness (QED) is 0.257. The molecule has 2 aromatic carbocycles. The molecule has 0 unspecified atom stereocenters. The molecule has 0 aromatic heterocycles. The number of nitrogens with zero attached hydrogens (tertiary/aromatic N) is 2. The molecule has 31 heavy (non-hydrogen) atoms. The van der Waals surface area contributed by atoms with E-state index in [9.17, 15) is 0 Å². The van der Waals surface area contributed by atoms with Crippen LogP contribution < -0.4 is 19.5 Å². The van der Waals surface area contributed by atoms with Crippen LogP contribution in [0.15, 0.2) is 47.5 Å². The van der Waals surface area contributed by atoms with Crippen molar-refractivity contribution in [2.75, 3.05) is 47.1 Å². The molecule has 0 radical (unpaired) electrons. The van der Waals surface area contributed by atoms with Gasteiger partial charge in [-0.2, -0.15) is 0 Å². The van der Waals surface area contributed by atoms with Gasteiger partial charge in [-0.05, 0) is 43.2 Å². The van der Waals surface area contributed by atoms with E-state index < -0.39 is 0 Å². The average Bonchev–Trinajstić information content (AvgIpc) is 2.76. The number of halogens is 1. The van der Waals surface area contributed by atoms with Crippen LogP contribution in [0.5, 0.6) is 17.2 Å². The standard InChI is InChI=1S/C23H33N3O4.HI/c1-5-24-23(26(3)12-14-29-20-9-7-6-8-18(20)2)25-17-19-10-11-21(30-15-13-27)22(16-19)28-4;/h6-11,16,27H,5,12-15,17H2,1-4H3,(H,24,25);1H. The largest absolute Gasteiger partial charge is 0.493 e. The molecule has 0 aliphatic carbocycles. The molecule has 7 nitrogen and oxygen atoms in total. The first-order valence-corrected chi connectivity index (χ1v) is 10.2. The lowest BCUT2D eigenvalue weighted by molar-refractivity contribution is 0.196. The van der Waals surface area contributed by atoms with Crippen LogP contribution in [-0.4, -0.2) is 63.0 Å². The lowest BCUT2D eigenvalue weighted by Gasteiger charge is -2.22. The zero-order valence-corrected chi connectivity index (χ0v) is 21.1. The molecule has 0 heterocycles. The maximum Gasteiger partial charge on any atom is 0.194 e. The summed E-state index contributed by atoms with van der Waals surface area (Å²) in [7, 11) is 3.59. The van der Waals surface area contributed by atoms with E-state index in [-0.39, 0.29) is 37.2 Å². The van der Waals surface area contributed by atoms with Gasteiger partial charge in [0.15, 0.2) is 17.5 Å². The summed E-state index contributed by atoms with van der Waals surface area (Å²) in [5.41, 5.74) is 2.13. The summed E-state index contributed by atoms with van der Waals surface area (Å²) in [4.78, 5) is 6.79. The Balaban J connectivity index is 0.00000480. The zero-order chi connectivity index (χ0) is 21.8. The van der Waals surface area contributed by atoms with Gasteiger partial charge in [0, 0.05) is 13.6 Å². The van der Waals surface area contributed by atoms with Crippen LogP contribution in [0, 0.1) is 6.92 Å². The van der Waals surface area contributed by atoms with Gasteiger partial charge < -0.3 is 29.5 Å². The van der Waals surface area contributed by atoms with Gasteiger partial charge in [0.25, 0.3) is 0 Å². The number of guanidine groups is 1. The molecule has 0 spiro atoms. The third kappa shape index (κ3) is 8.82. The molecule has 8 heteroatoms. The van der Waals surface area contributed by atoms with Crippen molar-refractivity contribution in [1.82, 2.24) is 10.2 Å². The number of methoxy groups -OCH3 is 1. The minimum absolute atomic E-state index is 0. The van der Waals surface area contributed by atoms with Crippen LogP contribution in [0.25, 0.3) is 0 Å². The molecule has 0 aliphatic heterocycles. The summed E-state index contributed by atoms with van der Waals surface area (Å²) >= 11 is 0. The second-order valence-corrected chi connectivity index (χ2v) is 6.76. The molecule has 2 aromatic rings. The second-order valence-electron chi connectivity index (χ2n) is 6.76. The van der Waals surface area contributed by atoms with Crippen LogP contribution in [-0.2, 0) is 6.54 Å². The minimum atomic E-state index is -0.0405. The first-order chi connectivity index (χ1) is 14.6. The van der Waals surface area contributed by atoms with Crippen molar-refractivity contribution in [1.29, 1.82) is 0 Å². The molecule has 2 N–H and O–H groups in total. The third-order valence-electron chi connectivity index (χ3n) is 4.46. The highest BCUT2D eigenvalue weighted by Crippen LogP contribution is 2.28. The van der Waals surface area contributed by atoms with Crippen LogP contribution >= 0.6 is 24.0 Å². The Kier molecular flexibility index (Phi) is 12.8. The summed E-state index contributed by atoms with van der Waals surface area (Å²) in [6.07, 6.45) is 0. The molecule has 0 fully saturated rings. The van der Waals surface area contributed by atoms with Crippen molar-refractivity contribution < 1.29 is 19.3 Å². The summed E-state index contributed by atoms with van der Waals surface area (Å²) in [6.45, 7) is 6.83. The monoisotopic (exact) mass is 543 g/mol. The van der Waals surface area contributed by atoms with Gasteiger partial charge in [-0.3, -0.25) is 0 Å². The fraction of sp³-hybridized carbons (Fsp3) is 0.435. The van der Waals surface area contributed by atoms with E-state index in [0.29, 0.717) is 31.2 Å². The predicted octanol–water partition coefficient (Wildman–Crippen LogP) is 3.47. The van der Waals surface area contributed by atoms with Crippen molar-refractivity contribution in [2.24, 2.45) is 4.99 Å². The van der Waals surface area contributed by atoms with E-state index in [1.165, 1.54) is 0 Å². The van der Waals surface area contributed by atoms with Gasteiger partial charge in [0.2, 0.25) is 0 Å². The number of benzene rings is 2. The Hall–Kier alpha value is -2.20. The number of ether oxygens (including phenoxy) is 3. The smallest absolute Gasteiger partial charge is 0.194 e. The first-order valence-electron chi connectivity index (χ1n) is 10.2. The fourth-order valence-corrected chi connectivity index (χ4v) is 2.84. The minimum Gasteiger partial charge on any atom is -0.493 e. The maximum atomic E-state index is 8.93. The normalized spacial score (nSPS) is 10.8. The molecule has 2 rings (SSSR count). The highest BCUT2D eigenvalue weighted by molar-refractivity contribution is 14.0. The summed E-state index contributed by atoms with van der Waals surface area (Å²) in [5, 5.41) is 12.2. The van der Waals surface area contributed by atoms with Crippen LogP contribution in [0.2, 0.25) is 0 Å². The van der Waals surface area contributed by atoms with E-state index in [4.69, 9.17) is 24.3 Å². The van der Waals surface area contributed by atoms with Gasteiger partial charge in [-0.15, -0.1) is 24.0 Å². The van der Waals surface area contributed by atoms with Crippen LogP contribution in [0.1, 0.15) is 18.1 Å². The third-order valence-corrected chi connectivity index (χ3v) is 4.46. The molecule has 0 saturated carbocycles. The molecule has 0 aliphatic rings. The number of likely N-dealkylation sites (N-methyl/N-ethyl adjacent to an activating group) is 1. The number of rotatable bonds is 11. The topological polar surface area (TPSA) is 75.6 Å². The number of aliphatic hydroxyl groups excluding tert-OH is 1. The average molecular weight is 543 g/mol. The van der Waals surface area contributed by atoms with E-state index in [2.05, 4.69) is 10.2 Å². The maximum absolute atomic E-state index is 8.93. The van der Waals surface area contributed by atoms with E-state index in [0.717, 1.165) is 29.4 Å². The molecule has 0 saturated heterocycles. The van der Waals surface area contributed by atoms with Crippen LogP contribution in [0.3, 0.4) is 0 Å². The highest BCUT2D eigenvalue weighted by atomic mass is 127. The van der Waals surface area contributed by atoms with Crippen molar-refractivity contribution in [3.05, 3.63) is 53.6 Å². The Morgan fingerprint density at radius 2 is 1.81 bits per heavy atom. The van der Waals surface area contributed by atoms with Crippen molar-refractivity contribution in [2.45, 2.75) is 20.4 Å². The Morgan fingerprint density at radius 3 is 2.48 bits per heavy atom. The lowest BCUT2D eigenvalue weighted by atomic mass is 10.2. The second kappa shape index (κ2) is 14.7. The summed E-state index contributed by atoms with van der Waals surface area (Å²) in [6, 6.07) is 13.7. The highest BCUT2D eigenvalue weighted by Gasteiger charge is 2.09. The SMILES string of the molecule is CCNC(=NCc1ccc(OCCO)c(OC)c1)N(C)CCOc1ccccc1C.I.